The summed E-state index contributed by atoms with van der Waals surface area (Å²) in [5, 5.41) is 18.9. The zero-order valence-corrected chi connectivity index (χ0v) is 11.0. The van der Waals surface area contributed by atoms with Crippen LogP contribution in [0.15, 0.2) is 30.3 Å². The molecule has 0 radical (unpaired) electrons. The maximum Gasteiger partial charge on any atom is 0.130 e. The molecule has 0 fully saturated rings. The average molecular weight is 250 g/mol. The first-order chi connectivity index (χ1) is 9.15. The molecule has 1 aromatic carbocycles. The molecule has 0 N–H and O–H groups in total. The Balaban J connectivity index is 2.46. The largest absolute Gasteiger partial charge is 0.358 e. The van der Waals surface area contributed by atoms with Crippen molar-refractivity contribution in [2.45, 2.75) is 6.92 Å². The summed E-state index contributed by atoms with van der Waals surface area (Å²) in [6.07, 6.45) is 0. The van der Waals surface area contributed by atoms with Crippen LogP contribution in [0.1, 0.15) is 12.5 Å². The molecule has 0 amide bonds. The molecule has 4 heteroatoms. The van der Waals surface area contributed by atoms with E-state index in [9.17, 15) is 5.26 Å². The van der Waals surface area contributed by atoms with E-state index in [0.717, 1.165) is 16.7 Å². The van der Waals surface area contributed by atoms with Crippen molar-refractivity contribution in [3.05, 3.63) is 35.9 Å². The summed E-state index contributed by atoms with van der Waals surface area (Å²) in [4.78, 5) is 6.44. The molecular formula is C15H14N4. The van der Waals surface area contributed by atoms with Crippen molar-refractivity contribution >= 4 is 16.7 Å². The number of rotatable bonds is 3. The molecule has 1 heterocycles. The molecule has 94 valence electrons. The second kappa shape index (κ2) is 5.37. The zero-order chi connectivity index (χ0) is 13.8. The Morgan fingerprint density at radius 2 is 2.05 bits per heavy atom. The molecule has 1 unspecified atom stereocenters. The SMILES string of the molecule is CC(C#N)CN(C)c1cc(C#N)c2ccccc2n1. The molecule has 0 saturated heterocycles. The third kappa shape index (κ3) is 2.64. The van der Waals surface area contributed by atoms with Gasteiger partial charge in [-0.2, -0.15) is 10.5 Å². The topological polar surface area (TPSA) is 63.7 Å². The third-order valence-electron chi connectivity index (χ3n) is 2.98. The number of nitrogens with zero attached hydrogens (tertiary/aromatic N) is 4. The van der Waals surface area contributed by atoms with E-state index in [0.29, 0.717) is 12.1 Å². The van der Waals surface area contributed by atoms with E-state index in [2.05, 4.69) is 17.1 Å². The standard InChI is InChI=1S/C15H14N4/c1-11(8-16)10-19(2)15-7-12(9-17)13-5-3-4-6-14(13)18-15/h3-7,11H,10H2,1-2H3. The predicted molar refractivity (Wildman–Crippen MR) is 74.5 cm³/mol. The molecule has 0 saturated carbocycles. The van der Waals surface area contributed by atoms with Crippen molar-refractivity contribution in [3.8, 4) is 12.1 Å². The second-order valence-corrected chi connectivity index (χ2v) is 4.57. The van der Waals surface area contributed by atoms with Gasteiger partial charge in [-0.25, -0.2) is 4.98 Å². The molecule has 4 nitrogen and oxygen atoms in total. The van der Waals surface area contributed by atoms with Gasteiger partial charge in [0.2, 0.25) is 0 Å². The Morgan fingerprint density at radius 1 is 1.32 bits per heavy atom. The summed E-state index contributed by atoms with van der Waals surface area (Å²) >= 11 is 0. The third-order valence-corrected chi connectivity index (χ3v) is 2.98. The van der Waals surface area contributed by atoms with E-state index in [1.54, 1.807) is 6.07 Å². The minimum absolute atomic E-state index is 0.0798. The first kappa shape index (κ1) is 12.9. The number of pyridine rings is 1. The number of anilines is 1. The van der Waals surface area contributed by atoms with E-state index in [-0.39, 0.29) is 5.92 Å². The van der Waals surface area contributed by atoms with Crippen LogP contribution in [0.25, 0.3) is 10.9 Å². The number of nitriles is 2. The Hall–Kier alpha value is -2.59. The van der Waals surface area contributed by atoms with Crippen molar-refractivity contribution in [1.82, 2.24) is 4.98 Å². The van der Waals surface area contributed by atoms with Crippen LogP contribution < -0.4 is 4.90 Å². The Kier molecular flexibility index (Phi) is 3.63. The van der Waals surface area contributed by atoms with Gasteiger partial charge in [0, 0.05) is 19.0 Å². The monoisotopic (exact) mass is 250 g/mol. The first-order valence-corrected chi connectivity index (χ1v) is 6.06. The fourth-order valence-electron chi connectivity index (χ4n) is 1.99. The molecule has 0 aliphatic rings. The van der Waals surface area contributed by atoms with E-state index in [4.69, 9.17) is 5.26 Å². The van der Waals surface area contributed by atoms with Crippen LogP contribution in [0.5, 0.6) is 0 Å². The van der Waals surface area contributed by atoms with Gasteiger partial charge in [-0.3, -0.25) is 0 Å². The van der Waals surface area contributed by atoms with Crippen LogP contribution in [-0.4, -0.2) is 18.6 Å². The summed E-state index contributed by atoms with van der Waals surface area (Å²) in [6, 6.07) is 13.7. The Bertz CT molecular complexity index is 679. The maximum absolute atomic E-state index is 9.22. The van der Waals surface area contributed by atoms with E-state index >= 15 is 0 Å². The van der Waals surface area contributed by atoms with Gasteiger partial charge in [0.05, 0.1) is 29.1 Å². The van der Waals surface area contributed by atoms with Gasteiger partial charge in [0.15, 0.2) is 0 Å². The molecule has 0 bridgehead atoms. The van der Waals surface area contributed by atoms with Crippen molar-refractivity contribution in [2.24, 2.45) is 5.92 Å². The lowest BCUT2D eigenvalue weighted by atomic mass is 10.1. The van der Waals surface area contributed by atoms with Gasteiger partial charge in [-0.15, -0.1) is 0 Å². The molecule has 1 aromatic heterocycles. The molecule has 19 heavy (non-hydrogen) atoms. The van der Waals surface area contributed by atoms with Crippen LogP contribution in [0.2, 0.25) is 0 Å². The summed E-state index contributed by atoms with van der Waals surface area (Å²) in [6.45, 7) is 2.45. The van der Waals surface area contributed by atoms with Crippen molar-refractivity contribution < 1.29 is 0 Å². The number of hydrogen-bond acceptors (Lipinski definition) is 4. The first-order valence-electron chi connectivity index (χ1n) is 6.06. The molecule has 1 atom stereocenters. The highest BCUT2D eigenvalue weighted by atomic mass is 15.2. The number of benzene rings is 1. The number of para-hydroxylation sites is 1. The predicted octanol–water partition coefficient (Wildman–Crippen LogP) is 2.70. The molecule has 0 aliphatic carbocycles. The lowest BCUT2D eigenvalue weighted by Crippen LogP contribution is -2.24. The van der Waals surface area contributed by atoms with Gasteiger partial charge >= 0.3 is 0 Å². The van der Waals surface area contributed by atoms with Gasteiger partial charge in [0.25, 0.3) is 0 Å². The molecule has 0 aliphatic heterocycles. The normalized spacial score (nSPS) is 11.6. The van der Waals surface area contributed by atoms with Crippen LogP contribution >= 0.6 is 0 Å². The van der Waals surface area contributed by atoms with E-state index in [1.165, 1.54) is 0 Å². The number of fused-ring (bicyclic) bond motifs is 1. The van der Waals surface area contributed by atoms with Crippen molar-refractivity contribution in [2.75, 3.05) is 18.5 Å². The Labute approximate surface area is 112 Å². The molecular weight excluding hydrogens is 236 g/mol. The molecule has 2 rings (SSSR count). The Morgan fingerprint density at radius 3 is 2.74 bits per heavy atom. The summed E-state index contributed by atoms with van der Waals surface area (Å²) in [7, 11) is 1.88. The van der Waals surface area contributed by atoms with Crippen LogP contribution in [0.4, 0.5) is 5.82 Å². The summed E-state index contributed by atoms with van der Waals surface area (Å²) < 4.78 is 0. The highest BCUT2D eigenvalue weighted by molar-refractivity contribution is 5.86. The van der Waals surface area contributed by atoms with Gasteiger partial charge in [-0.05, 0) is 19.1 Å². The van der Waals surface area contributed by atoms with E-state index in [1.807, 2.05) is 43.1 Å². The minimum Gasteiger partial charge on any atom is -0.358 e. The fraction of sp³-hybridized carbons (Fsp3) is 0.267. The van der Waals surface area contributed by atoms with Gasteiger partial charge in [-0.1, -0.05) is 18.2 Å². The van der Waals surface area contributed by atoms with Crippen molar-refractivity contribution in [3.63, 3.8) is 0 Å². The van der Waals surface area contributed by atoms with Crippen LogP contribution in [0, 0.1) is 28.6 Å². The van der Waals surface area contributed by atoms with Gasteiger partial charge in [0.1, 0.15) is 5.82 Å². The average Bonchev–Trinajstić information content (AvgIpc) is 2.45. The fourth-order valence-corrected chi connectivity index (χ4v) is 1.99. The number of hydrogen-bond donors (Lipinski definition) is 0. The highest BCUT2D eigenvalue weighted by Gasteiger charge is 2.11. The summed E-state index contributed by atoms with van der Waals surface area (Å²) in [5.41, 5.74) is 1.41. The van der Waals surface area contributed by atoms with Gasteiger partial charge < -0.3 is 4.90 Å². The minimum atomic E-state index is -0.0798. The zero-order valence-electron chi connectivity index (χ0n) is 11.0. The number of aromatic nitrogens is 1. The lowest BCUT2D eigenvalue weighted by molar-refractivity contribution is 0.711. The van der Waals surface area contributed by atoms with Crippen LogP contribution in [-0.2, 0) is 0 Å². The maximum atomic E-state index is 9.22. The quantitative estimate of drug-likeness (QED) is 0.840. The molecule has 2 aromatic rings. The molecule has 0 spiro atoms. The van der Waals surface area contributed by atoms with E-state index < -0.39 is 0 Å². The van der Waals surface area contributed by atoms with Crippen molar-refractivity contribution in [1.29, 1.82) is 10.5 Å². The lowest BCUT2D eigenvalue weighted by Gasteiger charge is -2.20. The van der Waals surface area contributed by atoms with Crippen LogP contribution in [0.3, 0.4) is 0 Å². The second-order valence-electron chi connectivity index (χ2n) is 4.57. The highest BCUT2D eigenvalue weighted by Crippen LogP contribution is 2.22. The smallest absolute Gasteiger partial charge is 0.130 e. The summed E-state index contributed by atoms with van der Waals surface area (Å²) in [5.74, 6) is 0.640.